The molecule has 0 bridgehead atoms. The first-order valence-electron chi connectivity index (χ1n) is 15.2. The molecule has 1 fully saturated rings. The molecular formula is C35H39NO7S. The second kappa shape index (κ2) is 13.1. The standard InChI is InChI=1S/C35H39NO7S/c1-23-17-34(43-36-23)33(20-35(37)38)27-7-9-29(10-8-27)41-22-25-5-6-26-3-2-4-28-19-30(11-12-31(28)32(26)18-25)42-21-24-13-15-44(39,40)16-14-24/h5-12,17-19,24,33,39-40H,2-4,13-16,20-22H2,1H3,(H,37,38). The van der Waals surface area contributed by atoms with Gasteiger partial charge < -0.3 is 19.1 Å². The molecule has 0 saturated carbocycles. The van der Waals surface area contributed by atoms with Gasteiger partial charge in [0.15, 0.2) is 0 Å². The first kappa shape index (κ1) is 30.2. The van der Waals surface area contributed by atoms with Crippen molar-refractivity contribution in [2.75, 3.05) is 18.1 Å². The van der Waals surface area contributed by atoms with E-state index in [1.807, 2.05) is 37.3 Å². The zero-order valence-electron chi connectivity index (χ0n) is 24.9. The highest BCUT2D eigenvalue weighted by Crippen LogP contribution is 2.45. The third-order valence-corrected chi connectivity index (χ3v) is 10.5. The summed E-state index contributed by atoms with van der Waals surface area (Å²) in [5.41, 5.74) is 7.70. The molecule has 3 aromatic carbocycles. The Balaban J connectivity index is 1.12. The number of rotatable bonds is 10. The van der Waals surface area contributed by atoms with Gasteiger partial charge in [-0.1, -0.05) is 35.5 Å². The molecule has 8 nitrogen and oxygen atoms in total. The second-order valence-electron chi connectivity index (χ2n) is 12.0. The summed E-state index contributed by atoms with van der Waals surface area (Å²) in [5, 5.41) is 13.4. The van der Waals surface area contributed by atoms with E-state index in [-0.39, 0.29) is 6.42 Å². The number of benzene rings is 3. The van der Waals surface area contributed by atoms with Gasteiger partial charge >= 0.3 is 5.97 Å². The van der Waals surface area contributed by atoms with E-state index in [4.69, 9.17) is 14.0 Å². The lowest BCUT2D eigenvalue weighted by Gasteiger charge is -2.39. The van der Waals surface area contributed by atoms with Crippen molar-refractivity contribution in [1.29, 1.82) is 0 Å². The number of nitrogens with zero attached hydrogens (tertiary/aromatic N) is 1. The molecule has 3 N–H and O–H groups in total. The zero-order valence-corrected chi connectivity index (χ0v) is 25.7. The van der Waals surface area contributed by atoms with Gasteiger partial charge in [0.1, 0.15) is 23.9 Å². The Morgan fingerprint density at radius 2 is 1.68 bits per heavy atom. The van der Waals surface area contributed by atoms with Gasteiger partial charge in [-0.05, 0) is 109 Å². The van der Waals surface area contributed by atoms with Crippen LogP contribution in [0.3, 0.4) is 0 Å². The molecule has 2 aliphatic rings. The van der Waals surface area contributed by atoms with Crippen LogP contribution in [-0.4, -0.2) is 43.5 Å². The van der Waals surface area contributed by atoms with E-state index in [0.29, 0.717) is 47.8 Å². The van der Waals surface area contributed by atoms with Gasteiger partial charge in [0.05, 0.1) is 24.6 Å². The van der Waals surface area contributed by atoms with Gasteiger partial charge in [0, 0.05) is 17.6 Å². The van der Waals surface area contributed by atoms with Crippen molar-refractivity contribution in [2.24, 2.45) is 5.92 Å². The highest BCUT2D eigenvalue weighted by atomic mass is 32.3. The predicted molar refractivity (Wildman–Crippen MR) is 171 cm³/mol. The van der Waals surface area contributed by atoms with Gasteiger partial charge in [-0.3, -0.25) is 13.9 Å². The Morgan fingerprint density at radius 3 is 2.41 bits per heavy atom. The van der Waals surface area contributed by atoms with Crippen LogP contribution in [0.2, 0.25) is 0 Å². The molecular weight excluding hydrogens is 578 g/mol. The minimum Gasteiger partial charge on any atom is -0.493 e. The molecule has 1 aliphatic heterocycles. The molecule has 44 heavy (non-hydrogen) atoms. The van der Waals surface area contributed by atoms with E-state index >= 15 is 0 Å². The molecule has 1 aromatic heterocycles. The smallest absolute Gasteiger partial charge is 0.304 e. The number of carboxylic acids is 1. The Labute approximate surface area is 259 Å². The summed E-state index contributed by atoms with van der Waals surface area (Å²) < 4.78 is 37.5. The maximum Gasteiger partial charge on any atom is 0.304 e. The van der Waals surface area contributed by atoms with Crippen molar-refractivity contribution in [1.82, 2.24) is 5.16 Å². The lowest BCUT2D eigenvalue weighted by molar-refractivity contribution is -0.137. The molecule has 4 aromatic rings. The van der Waals surface area contributed by atoms with Crippen LogP contribution >= 0.6 is 10.6 Å². The van der Waals surface area contributed by atoms with Crippen LogP contribution < -0.4 is 9.47 Å². The van der Waals surface area contributed by atoms with Crippen LogP contribution in [0.15, 0.2) is 71.3 Å². The maximum atomic E-state index is 11.5. The molecule has 6 rings (SSSR count). The average Bonchev–Trinajstić information content (AvgIpc) is 3.36. The minimum absolute atomic E-state index is 0.0871. The summed E-state index contributed by atoms with van der Waals surface area (Å²) in [6, 6.07) is 22.2. The van der Waals surface area contributed by atoms with E-state index in [1.165, 1.54) is 22.3 Å². The summed E-state index contributed by atoms with van der Waals surface area (Å²) >= 11 is 0. The summed E-state index contributed by atoms with van der Waals surface area (Å²) in [5.74, 6) is 2.11. The number of aryl methyl sites for hydroxylation is 3. The fourth-order valence-corrected chi connectivity index (χ4v) is 7.81. The van der Waals surface area contributed by atoms with Crippen LogP contribution in [-0.2, 0) is 24.2 Å². The van der Waals surface area contributed by atoms with Crippen molar-refractivity contribution in [3.05, 3.63) is 100 Å². The largest absolute Gasteiger partial charge is 0.493 e. The number of hydrogen-bond acceptors (Lipinski definition) is 7. The molecule has 0 spiro atoms. The molecule has 1 unspecified atom stereocenters. The molecule has 1 atom stereocenters. The number of aromatic nitrogens is 1. The third kappa shape index (κ3) is 7.29. The van der Waals surface area contributed by atoms with Crippen LogP contribution in [0.4, 0.5) is 0 Å². The van der Waals surface area contributed by atoms with Crippen LogP contribution in [0.5, 0.6) is 11.5 Å². The van der Waals surface area contributed by atoms with Crippen molar-refractivity contribution < 1.29 is 33.0 Å². The first-order chi connectivity index (χ1) is 21.2. The Morgan fingerprint density at radius 1 is 0.932 bits per heavy atom. The fraction of sp³-hybridized carbons (Fsp3) is 0.371. The summed E-state index contributed by atoms with van der Waals surface area (Å²) in [6.45, 7) is 2.83. The average molecular weight is 618 g/mol. The van der Waals surface area contributed by atoms with E-state index in [9.17, 15) is 19.0 Å². The molecule has 0 amide bonds. The quantitative estimate of drug-likeness (QED) is 0.164. The van der Waals surface area contributed by atoms with E-state index in [0.717, 1.165) is 49.0 Å². The topological polar surface area (TPSA) is 122 Å². The molecule has 1 saturated heterocycles. The second-order valence-corrected chi connectivity index (χ2v) is 14.4. The molecule has 0 radical (unpaired) electrons. The minimum atomic E-state index is -2.37. The van der Waals surface area contributed by atoms with Crippen molar-refractivity contribution >= 4 is 16.6 Å². The molecule has 9 heteroatoms. The molecule has 2 heterocycles. The molecule has 1 aliphatic carbocycles. The summed E-state index contributed by atoms with van der Waals surface area (Å²) in [6.07, 6.45) is 4.57. The van der Waals surface area contributed by atoms with Gasteiger partial charge in [0.25, 0.3) is 0 Å². The van der Waals surface area contributed by atoms with Gasteiger partial charge in [-0.15, -0.1) is 0 Å². The number of ether oxygens (including phenoxy) is 2. The lowest BCUT2D eigenvalue weighted by atomic mass is 9.93. The van der Waals surface area contributed by atoms with Crippen LogP contribution in [0, 0.1) is 12.8 Å². The highest BCUT2D eigenvalue weighted by molar-refractivity contribution is 8.24. The Kier molecular flexibility index (Phi) is 8.98. The predicted octanol–water partition coefficient (Wildman–Crippen LogP) is 7.86. The number of hydrogen-bond donors (Lipinski definition) is 3. The van der Waals surface area contributed by atoms with Crippen molar-refractivity contribution in [3.8, 4) is 22.6 Å². The normalized spacial score (nSPS) is 17.5. The van der Waals surface area contributed by atoms with Crippen molar-refractivity contribution in [2.45, 2.75) is 58.0 Å². The van der Waals surface area contributed by atoms with E-state index in [2.05, 4.69) is 35.5 Å². The van der Waals surface area contributed by atoms with Crippen LogP contribution in [0.25, 0.3) is 11.1 Å². The summed E-state index contributed by atoms with van der Waals surface area (Å²) in [7, 11) is -2.37. The van der Waals surface area contributed by atoms with Gasteiger partial charge in [-0.25, -0.2) is 0 Å². The number of fused-ring (bicyclic) bond motifs is 3. The van der Waals surface area contributed by atoms with Crippen molar-refractivity contribution in [3.63, 3.8) is 0 Å². The monoisotopic (exact) mass is 617 g/mol. The first-order valence-corrected chi connectivity index (χ1v) is 17.1. The number of aliphatic carboxylic acids is 1. The maximum absolute atomic E-state index is 11.5. The van der Waals surface area contributed by atoms with E-state index in [1.54, 1.807) is 6.07 Å². The summed E-state index contributed by atoms with van der Waals surface area (Å²) in [4.78, 5) is 11.5. The number of carboxylic acid groups (broad SMARTS) is 1. The Hall–Kier alpha value is -3.79. The lowest BCUT2D eigenvalue weighted by Crippen LogP contribution is -2.24. The van der Waals surface area contributed by atoms with Gasteiger partial charge in [-0.2, -0.15) is 10.6 Å². The van der Waals surface area contributed by atoms with Gasteiger partial charge in [0.2, 0.25) is 0 Å². The number of carbonyl (C=O) groups is 1. The fourth-order valence-electron chi connectivity index (χ4n) is 6.19. The van der Waals surface area contributed by atoms with E-state index < -0.39 is 22.5 Å². The highest BCUT2D eigenvalue weighted by Gasteiger charge is 2.25. The Bertz CT molecular complexity index is 1600. The SMILES string of the molecule is Cc1cc(C(CC(=O)O)c2ccc(OCc3ccc4c(c3)-c3ccc(OCC5CCS(O)(O)CC5)cc3CCC4)cc2)on1. The zero-order chi connectivity index (χ0) is 30.7. The third-order valence-electron chi connectivity index (χ3n) is 8.68. The molecule has 232 valence electrons. The van der Waals surface area contributed by atoms with Crippen LogP contribution in [0.1, 0.15) is 65.3 Å².